The molecule has 0 atom stereocenters. The van der Waals surface area contributed by atoms with Crippen molar-refractivity contribution in [1.29, 1.82) is 5.26 Å². The molecule has 146 valence electrons. The number of hydrogen-bond donors (Lipinski definition) is 1. The molecule has 6 nitrogen and oxygen atoms in total. The zero-order valence-electron chi connectivity index (χ0n) is 14.6. The Morgan fingerprint density at radius 2 is 1.86 bits per heavy atom. The number of amides is 1. The standard InChI is InChI=1S/C20H12ClF2N3O3/c21-20(22,23)29-17-7-5-15(6-8-17)25-19(28)14-4-9-18(27)26(12-14)16-3-1-2-13(10-16)11-24/h1-10,12H,(H,25,28). The summed E-state index contributed by atoms with van der Waals surface area (Å²) in [5.74, 6) is -0.694. The van der Waals surface area contributed by atoms with Crippen LogP contribution < -0.4 is 15.6 Å². The van der Waals surface area contributed by atoms with Crippen LogP contribution in [0, 0.1) is 11.3 Å². The van der Waals surface area contributed by atoms with Crippen molar-refractivity contribution in [2.45, 2.75) is 5.57 Å². The van der Waals surface area contributed by atoms with Crippen LogP contribution in [0.4, 0.5) is 14.5 Å². The molecule has 0 bridgehead atoms. The molecule has 1 N–H and O–H groups in total. The highest BCUT2D eigenvalue weighted by atomic mass is 35.5. The SMILES string of the molecule is N#Cc1cccc(-n2cc(C(=O)Nc3ccc(OC(F)(F)Cl)cc3)ccc2=O)c1. The fourth-order valence-electron chi connectivity index (χ4n) is 2.49. The number of aromatic nitrogens is 1. The molecule has 0 saturated carbocycles. The van der Waals surface area contributed by atoms with E-state index >= 15 is 0 Å². The van der Waals surface area contributed by atoms with Crippen LogP contribution >= 0.6 is 11.6 Å². The van der Waals surface area contributed by atoms with Crippen LogP contribution in [-0.2, 0) is 0 Å². The molecule has 3 aromatic rings. The molecule has 0 saturated heterocycles. The van der Waals surface area contributed by atoms with Crippen molar-refractivity contribution in [3.05, 3.63) is 88.3 Å². The van der Waals surface area contributed by atoms with Crippen molar-refractivity contribution in [1.82, 2.24) is 4.57 Å². The van der Waals surface area contributed by atoms with Gasteiger partial charge >= 0.3 is 5.57 Å². The van der Waals surface area contributed by atoms with Gasteiger partial charge in [0.05, 0.1) is 17.2 Å². The number of pyridine rings is 1. The summed E-state index contributed by atoms with van der Waals surface area (Å²) in [5, 5.41) is 11.6. The van der Waals surface area contributed by atoms with Gasteiger partial charge < -0.3 is 10.1 Å². The predicted octanol–water partition coefficient (Wildman–Crippen LogP) is 4.13. The molecule has 0 spiro atoms. The average Bonchev–Trinajstić information content (AvgIpc) is 2.68. The highest BCUT2D eigenvalue weighted by Crippen LogP contribution is 2.26. The minimum atomic E-state index is -3.83. The molecule has 0 fully saturated rings. The van der Waals surface area contributed by atoms with Crippen LogP contribution in [0.2, 0.25) is 0 Å². The molecular formula is C20H12ClF2N3O3. The van der Waals surface area contributed by atoms with Gasteiger partial charge in [0, 0.05) is 35.2 Å². The van der Waals surface area contributed by atoms with Gasteiger partial charge in [0.1, 0.15) is 5.75 Å². The molecule has 0 radical (unpaired) electrons. The second-order valence-corrected chi connectivity index (χ2v) is 6.25. The third-order valence-corrected chi connectivity index (χ3v) is 3.85. The molecular weight excluding hydrogens is 404 g/mol. The lowest BCUT2D eigenvalue weighted by molar-refractivity contribution is -0.0964. The maximum absolute atomic E-state index is 12.6. The Morgan fingerprint density at radius 3 is 2.52 bits per heavy atom. The van der Waals surface area contributed by atoms with Gasteiger partial charge in [-0.25, -0.2) is 0 Å². The summed E-state index contributed by atoms with van der Waals surface area (Å²) in [4.78, 5) is 24.7. The zero-order valence-corrected chi connectivity index (χ0v) is 15.4. The lowest BCUT2D eigenvalue weighted by atomic mass is 10.2. The number of nitriles is 1. The van der Waals surface area contributed by atoms with E-state index in [2.05, 4.69) is 10.1 Å². The molecule has 0 aliphatic heterocycles. The van der Waals surface area contributed by atoms with Crippen molar-refractivity contribution in [3.63, 3.8) is 0 Å². The van der Waals surface area contributed by atoms with Crippen LogP contribution in [-0.4, -0.2) is 16.0 Å². The van der Waals surface area contributed by atoms with E-state index in [9.17, 15) is 18.4 Å². The van der Waals surface area contributed by atoms with Gasteiger partial charge in [0.2, 0.25) is 0 Å². The van der Waals surface area contributed by atoms with Crippen molar-refractivity contribution in [2.24, 2.45) is 0 Å². The molecule has 9 heteroatoms. The van der Waals surface area contributed by atoms with E-state index in [0.717, 1.165) is 0 Å². The Balaban J connectivity index is 1.81. The van der Waals surface area contributed by atoms with Gasteiger partial charge in [-0.1, -0.05) is 6.07 Å². The van der Waals surface area contributed by atoms with Gasteiger partial charge in [0.25, 0.3) is 11.5 Å². The van der Waals surface area contributed by atoms with Crippen LogP contribution in [0.5, 0.6) is 5.75 Å². The molecule has 29 heavy (non-hydrogen) atoms. The van der Waals surface area contributed by atoms with Crippen LogP contribution in [0.3, 0.4) is 0 Å². The monoisotopic (exact) mass is 415 g/mol. The number of benzene rings is 2. The zero-order chi connectivity index (χ0) is 21.0. The number of carbonyl (C=O) groups excluding carboxylic acids is 1. The highest BCUT2D eigenvalue weighted by molar-refractivity contribution is 6.20. The maximum atomic E-state index is 12.6. The summed E-state index contributed by atoms with van der Waals surface area (Å²) in [6.45, 7) is 0. The number of hydrogen-bond acceptors (Lipinski definition) is 4. The minimum Gasteiger partial charge on any atom is -0.420 e. The fourth-order valence-corrected chi connectivity index (χ4v) is 2.58. The Labute approximate surface area is 168 Å². The molecule has 0 unspecified atom stereocenters. The number of nitrogens with zero attached hydrogens (tertiary/aromatic N) is 2. The van der Waals surface area contributed by atoms with E-state index in [0.29, 0.717) is 16.9 Å². The van der Waals surface area contributed by atoms with Crippen LogP contribution in [0.1, 0.15) is 15.9 Å². The quantitative estimate of drug-likeness (QED) is 0.635. The van der Waals surface area contributed by atoms with Crippen LogP contribution in [0.15, 0.2) is 71.7 Å². The number of nitrogens with one attached hydrogen (secondary N) is 1. The van der Waals surface area contributed by atoms with Gasteiger partial charge in [-0.3, -0.25) is 14.2 Å². The predicted molar refractivity (Wildman–Crippen MR) is 103 cm³/mol. The number of carbonyl (C=O) groups is 1. The molecule has 1 aromatic heterocycles. The number of alkyl halides is 3. The fraction of sp³-hybridized carbons (Fsp3) is 0.0500. The van der Waals surface area contributed by atoms with E-state index in [-0.39, 0.29) is 16.9 Å². The van der Waals surface area contributed by atoms with Gasteiger partial charge in [-0.15, -0.1) is 8.78 Å². The smallest absolute Gasteiger partial charge is 0.420 e. The Hall–Kier alpha value is -3.70. The molecule has 1 amide bonds. The van der Waals surface area contributed by atoms with Gasteiger partial charge in [-0.2, -0.15) is 5.26 Å². The average molecular weight is 416 g/mol. The van der Waals surface area contributed by atoms with Gasteiger partial charge in [0.15, 0.2) is 0 Å². The van der Waals surface area contributed by atoms with E-state index in [1.165, 1.54) is 53.2 Å². The third-order valence-electron chi connectivity index (χ3n) is 3.77. The largest absolute Gasteiger partial charge is 0.487 e. The van der Waals surface area contributed by atoms with E-state index in [4.69, 9.17) is 16.9 Å². The molecule has 2 aromatic carbocycles. The Morgan fingerprint density at radius 1 is 1.14 bits per heavy atom. The number of anilines is 1. The summed E-state index contributed by atoms with van der Waals surface area (Å²) in [7, 11) is 0. The topological polar surface area (TPSA) is 84.1 Å². The van der Waals surface area contributed by atoms with Crippen molar-refractivity contribution < 1.29 is 18.3 Å². The first-order valence-electron chi connectivity index (χ1n) is 8.15. The minimum absolute atomic E-state index is 0.172. The summed E-state index contributed by atoms with van der Waals surface area (Å²) in [6.07, 6.45) is 1.35. The van der Waals surface area contributed by atoms with E-state index in [1.807, 2.05) is 6.07 Å². The Kier molecular flexibility index (Phi) is 5.61. The lowest BCUT2D eigenvalue weighted by Gasteiger charge is -2.12. The van der Waals surface area contributed by atoms with Crippen molar-refractivity contribution in [2.75, 3.05) is 5.32 Å². The first kappa shape index (κ1) is 20.0. The normalized spacial score (nSPS) is 10.8. The molecule has 0 aliphatic carbocycles. The molecule has 3 rings (SSSR count). The summed E-state index contributed by atoms with van der Waals surface area (Å²) < 4.78 is 30.7. The summed E-state index contributed by atoms with van der Waals surface area (Å²) >= 11 is 4.70. The Bertz CT molecular complexity index is 1150. The second kappa shape index (κ2) is 8.12. The number of ether oxygens (including phenoxy) is 1. The second-order valence-electron chi connectivity index (χ2n) is 5.81. The maximum Gasteiger partial charge on any atom is 0.487 e. The van der Waals surface area contributed by atoms with Crippen LogP contribution in [0.25, 0.3) is 5.69 Å². The molecule has 0 aliphatic rings. The van der Waals surface area contributed by atoms with Gasteiger partial charge in [-0.05, 0) is 48.5 Å². The first-order chi connectivity index (χ1) is 13.7. The van der Waals surface area contributed by atoms with Crippen molar-refractivity contribution in [3.8, 4) is 17.5 Å². The van der Waals surface area contributed by atoms with E-state index in [1.54, 1.807) is 18.2 Å². The third kappa shape index (κ3) is 5.18. The summed E-state index contributed by atoms with van der Waals surface area (Å²) in [6, 6.07) is 16.1. The number of rotatable bonds is 5. The number of halogens is 3. The highest BCUT2D eigenvalue weighted by Gasteiger charge is 2.27. The summed E-state index contributed by atoms with van der Waals surface area (Å²) in [5.41, 5.74) is -2.90. The lowest BCUT2D eigenvalue weighted by Crippen LogP contribution is -2.21. The van der Waals surface area contributed by atoms with Crippen molar-refractivity contribution >= 4 is 23.2 Å². The molecule has 1 heterocycles. The first-order valence-corrected chi connectivity index (χ1v) is 8.53. The van der Waals surface area contributed by atoms with E-state index < -0.39 is 11.5 Å².